The first-order valence-electron chi connectivity index (χ1n) is 10.3. The number of allylic oxidation sites excluding steroid dienone is 1. The topological polar surface area (TPSA) is 81.5 Å². The molecule has 0 aliphatic carbocycles. The molecule has 0 N–H and O–H groups in total. The summed E-state index contributed by atoms with van der Waals surface area (Å²) < 4.78 is 5.92. The van der Waals surface area contributed by atoms with E-state index in [4.69, 9.17) is 4.42 Å². The number of hydrogen-bond donors (Lipinski definition) is 0. The summed E-state index contributed by atoms with van der Waals surface area (Å²) in [7, 11) is 0. The van der Waals surface area contributed by atoms with E-state index in [0.717, 1.165) is 22.3 Å². The standard InChI is InChI=1S/C26H23N3O3/c1-26(2,3)20-11-9-19(10-12-20)25-28-23-17-21(13-14-24(23)32-25)27-15-5-7-18-6-4-8-22(16-18)29(30)31/h4-17H,1-3H3/b7-5-,27-15?. The number of nitro groups is 1. The van der Waals surface area contributed by atoms with Crippen molar-refractivity contribution in [1.29, 1.82) is 0 Å². The van der Waals surface area contributed by atoms with Crippen LogP contribution < -0.4 is 0 Å². The second-order valence-electron chi connectivity index (χ2n) is 8.49. The van der Waals surface area contributed by atoms with Crippen LogP contribution in [0.5, 0.6) is 0 Å². The first kappa shape index (κ1) is 21.2. The van der Waals surface area contributed by atoms with Gasteiger partial charge in [-0.15, -0.1) is 0 Å². The molecule has 0 saturated heterocycles. The molecule has 1 aromatic heterocycles. The zero-order valence-corrected chi connectivity index (χ0v) is 18.1. The maximum Gasteiger partial charge on any atom is 0.270 e. The number of aromatic nitrogens is 1. The minimum Gasteiger partial charge on any atom is -0.436 e. The molecule has 160 valence electrons. The van der Waals surface area contributed by atoms with Crippen molar-refractivity contribution < 1.29 is 9.34 Å². The molecule has 6 heteroatoms. The van der Waals surface area contributed by atoms with Gasteiger partial charge in [0.05, 0.1) is 10.6 Å². The Hall–Kier alpha value is -4.06. The van der Waals surface area contributed by atoms with Crippen molar-refractivity contribution in [2.75, 3.05) is 0 Å². The number of aliphatic imine (C=N–C) groups is 1. The van der Waals surface area contributed by atoms with Crippen molar-refractivity contribution in [3.63, 3.8) is 0 Å². The maximum atomic E-state index is 10.9. The molecular weight excluding hydrogens is 402 g/mol. The number of nitro benzene ring substituents is 1. The van der Waals surface area contributed by atoms with E-state index < -0.39 is 4.92 Å². The number of hydrogen-bond acceptors (Lipinski definition) is 5. The lowest BCUT2D eigenvalue weighted by Crippen LogP contribution is -2.10. The molecule has 4 aromatic rings. The van der Waals surface area contributed by atoms with E-state index >= 15 is 0 Å². The average molecular weight is 425 g/mol. The van der Waals surface area contributed by atoms with E-state index in [1.807, 2.05) is 30.3 Å². The van der Waals surface area contributed by atoms with Crippen LogP contribution in [0.1, 0.15) is 31.9 Å². The van der Waals surface area contributed by atoms with Crippen molar-refractivity contribution in [3.8, 4) is 11.5 Å². The van der Waals surface area contributed by atoms with Crippen molar-refractivity contribution in [1.82, 2.24) is 4.98 Å². The Labute approximate surface area is 186 Å². The molecule has 0 radical (unpaired) electrons. The van der Waals surface area contributed by atoms with E-state index in [1.165, 1.54) is 17.7 Å². The molecule has 0 amide bonds. The number of benzene rings is 3. The Morgan fingerprint density at radius 2 is 1.81 bits per heavy atom. The summed E-state index contributed by atoms with van der Waals surface area (Å²) in [4.78, 5) is 19.5. The molecule has 0 bridgehead atoms. The summed E-state index contributed by atoms with van der Waals surface area (Å²) in [6.45, 7) is 6.55. The quantitative estimate of drug-likeness (QED) is 0.194. The third-order valence-electron chi connectivity index (χ3n) is 5.05. The third-order valence-corrected chi connectivity index (χ3v) is 5.05. The van der Waals surface area contributed by atoms with Gasteiger partial charge in [-0.2, -0.15) is 0 Å². The van der Waals surface area contributed by atoms with Crippen LogP contribution in [-0.2, 0) is 5.41 Å². The monoisotopic (exact) mass is 425 g/mol. The number of nitrogens with zero attached hydrogens (tertiary/aromatic N) is 3. The molecule has 0 fully saturated rings. The zero-order chi connectivity index (χ0) is 22.7. The fraction of sp³-hybridized carbons (Fsp3) is 0.154. The van der Waals surface area contributed by atoms with Crippen LogP contribution in [0.4, 0.5) is 11.4 Å². The van der Waals surface area contributed by atoms with Crippen molar-refractivity contribution >= 4 is 34.8 Å². The Bertz CT molecular complexity index is 1330. The Morgan fingerprint density at radius 3 is 2.53 bits per heavy atom. The van der Waals surface area contributed by atoms with Crippen molar-refractivity contribution in [2.24, 2.45) is 4.99 Å². The lowest BCUT2D eigenvalue weighted by Gasteiger charge is -2.18. The van der Waals surface area contributed by atoms with E-state index in [-0.39, 0.29) is 11.1 Å². The van der Waals surface area contributed by atoms with Gasteiger partial charge in [0.25, 0.3) is 5.69 Å². The molecule has 4 rings (SSSR count). The summed E-state index contributed by atoms with van der Waals surface area (Å²) in [6, 6.07) is 20.3. The lowest BCUT2D eigenvalue weighted by molar-refractivity contribution is -0.384. The summed E-state index contributed by atoms with van der Waals surface area (Å²) >= 11 is 0. The average Bonchev–Trinajstić information content (AvgIpc) is 3.20. The Balaban J connectivity index is 1.50. The summed E-state index contributed by atoms with van der Waals surface area (Å²) in [6.07, 6.45) is 5.16. The molecule has 0 saturated carbocycles. The van der Waals surface area contributed by atoms with E-state index in [0.29, 0.717) is 11.5 Å². The summed E-state index contributed by atoms with van der Waals surface area (Å²) in [5.41, 5.74) is 5.25. The molecule has 3 aromatic carbocycles. The van der Waals surface area contributed by atoms with Crippen LogP contribution in [0.3, 0.4) is 0 Å². The van der Waals surface area contributed by atoms with E-state index in [9.17, 15) is 10.1 Å². The van der Waals surface area contributed by atoms with Crippen LogP contribution in [0.25, 0.3) is 28.6 Å². The highest BCUT2D eigenvalue weighted by atomic mass is 16.6. The van der Waals surface area contributed by atoms with Gasteiger partial charge in [0.2, 0.25) is 5.89 Å². The zero-order valence-electron chi connectivity index (χ0n) is 18.1. The number of fused-ring (bicyclic) bond motifs is 1. The van der Waals surface area contributed by atoms with Crippen LogP contribution in [0.2, 0.25) is 0 Å². The highest BCUT2D eigenvalue weighted by Crippen LogP contribution is 2.29. The first-order valence-corrected chi connectivity index (χ1v) is 10.3. The molecule has 0 spiro atoms. The third kappa shape index (κ3) is 4.81. The predicted octanol–water partition coefficient (Wildman–Crippen LogP) is 7.12. The van der Waals surface area contributed by atoms with E-state index in [1.54, 1.807) is 30.5 Å². The second-order valence-corrected chi connectivity index (χ2v) is 8.49. The first-order chi connectivity index (χ1) is 15.3. The predicted molar refractivity (Wildman–Crippen MR) is 128 cm³/mol. The van der Waals surface area contributed by atoms with Gasteiger partial charge in [-0.25, -0.2) is 4.98 Å². The Morgan fingerprint density at radius 1 is 1.03 bits per heavy atom. The molecule has 32 heavy (non-hydrogen) atoms. The molecule has 0 aliphatic heterocycles. The molecule has 6 nitrogen and oxygen atoms in total. The second kappa shape index (κ2) is 8.59. The molecule has 1 heterocycles. The molecule has 0 atom stereocenters. The molecule has 0 unspecified atom stereocenters. The smallest absolute Gasteiger partial charge is 0.270 e. The number of rotatable bonds is 5. The highest BCUT2D eigenvalue weighted by Gasteiger charge is 2.14. The minimum absolute atomic E-state index is 0.0597. The van der Waals surface area contributed by atoms with Crippen LogP contribution in [-0.4, -0.2) is 16.1 Å². The van der Waals surface area contributed by atoms with Crippen molar-refractivity contribution in [2.45, 2.75) is 26.2 Å². The highest BCUT2D eigenvalue weighted by molar-refractivity contribution is 5.84. The normalized spacial score (nSPS) is 12.2. The SMILES string of the molecule is CC(C)(C)c1ccc(-c2nc3cc(N=C/C=C\c4cccc([N+](=O)[O-])c4)ccc3o2)cc1. The fourth-order valence-electron chi connectivity index (χ4n) is 3.26. The lowest BCUT2D eigenvalue weighted by atomic mass is 9.87. The van der Waals surface area contributed by atoms with Gasteiger partial charge in [0.15, 0.2) is 5.58 Å². The molecular formula is C26H23N3O3. The Kier molecular flexibility index (Phi) is 5.69. The summed E-state index contributed by atoms with van der Waals surface area (Å²) in [5, 5.41) is 10.9. The van der Waals surface area contributed by atoms with E-state index in [2.05, 4.69) is 42.9 Å². The van der Waals surface area contributed by atoms with Gasteiger partial charge in [0, 0.05) is 23.9 Å². The van der Waals surface area contributed by atoms with Gasteiger partial charge in [-0.05, 0) is 52.9 Å². The van der Waals surface area contributed by atoms with Gasteiger partial charge in [0.1, 0.15) is 5.52 Å². The van der Waals surface area contributed by atoms with Gasteiger partial charge < -0.3 is 4.42 Å². The number of oxazole rings is 1. The van der Waals surface area contributed by atoms with Crippen LogP contribution in [0.15, 0.2) is 82.2 Å². The molecule has 0 aliphatic rings. The van der Waals surface area contributed by atoms with Crippen molar-refractivity contribution in [3.05, 3.63) is 94.0 Å². The maximum absolute atomic E-state index is 10.9. The fourth-order valence-corrected chi connectivity index (χ4v) is 3.26. The van der Waals surface area contributed by atoms with Gasteiger partial charge in [-0.3, -0.25) is 15.1 Å². The number of non-ortho nitro benzene ring substituents is 1. The van der Waals surface area contributed by atoms with Crippen LogP contribution in [0, 0.1) is 10.1 Å². The largest absolute Gasteiger partial charge is 0.436 e. The van der Waals surface area contributed by atoms with Crippen LogP contribution >= 0.6 is 0 Å². The van der Waals surface area contributed by atoms with Gasteiger partial charge in [-0.1, -0.05) is 51.1 Å². The minimum atomic E-state index is -0.411. The summed E-state index contributed by atoms with van der Waals surface area (Å²) in [5.74, 6) is 0.576. The van der Waals surface area contributed by atoms with Gasteiger partial charge >= 0.3 is 0 Å².